The molecule has 0 aliphatic heterocycles. The van der Waals surface area contributed by atoms with Gasteiger partial charge in [-0.15, -0.1) is 13.2 Å². The van der Waals surface area contributed by atoms with Crippen molar-refractivity contribution in [3.63, 3.8) is 0 Å². The summed E-state index contributed by atoms with van der Waals surface area (Å²) in [5.41, 5.74) is 0. The third-order valence-electron chi connectivity index (χ3n) is 0.197. The van der Waals surface area contributed by atoms with Gasteiger partial charge in [0, 0.05) is 0 Å². The number of hydrogen-bond donors (Lipinski definition) is 0. The third-order valence-corrected chi connectivity index (χ3v) is 0.590. The van der Waals surface area contributed by atoms with Gasteiger partial charge >= 0.3 is 28.7 Å². The predicted octanol–water partition coefficient (Wildman–Crippen LogP) is -0.0195. The van der Waals surface area contributed by atoms with Gasteiger partial charge in [0.1, 0.15) is 0 Å². The fourth-order valence-corrected chi connectivity index (χ4v) is 0.347. The van der Waals surface area contributed by atoms with Gasteiger partial charge in [0.25, 0.3) is 0 Å². The van der Waals surface area contributed by atoms with E-state index in [0.717, 1.165) is 0 Å². The average Bonchev–Trinajstić information content (AvgIpc) is 1.14. The molecular formula is CAgF3O4S. The van der Waals surface area contributed by atoms with E-state index in [-0.39, 0.29) is 22.4 Å². The molecule has 0 spiro atoms. The molecule has 0 fully saturated rings. The number of alkyl halides is 3. The molecule has 0 heterocycles. The molecule has 0 aliphatic rings. The van der Waals surface area contributed by atoms with Crippen LogP contribution in [-0.4, -0.2) is 19.3 Å². The summed E-state index contributed by atoms with van der Waals surface area (Å²) < 4.78 is 61.7. The second kappa shape index (κ2) is 3.69. The zero-order valence-electron chi connectivity index (χ0n) is 3.98. The molecule has 0 aromatic carbocycles. The van der Waals surface area contributed by atoms with Gasteiger partial charge in [-0.05, 0) is 0 Å². The molecule has 66 valence electrons. The molecule has 0 saturated carbocycles. The molecule has 0 aromatic rings. The second-order valence-electron chi connectivity index (χ2n) is 0.937. The minimum atomic E-state index is -5.66. The van der Waals surface area contributed by atoms with E-state index in [9.17, 15) is 13.2 Å². The molecule has 0 amide bonds. The fraction of sp³-hybridized carbons (Fsp3) is 1.00. The summed E-state index contributed by atoms with van der Waals surface area (Å²) >= 11 is 0. The third kappa shape index (κ3) is 11.2. The fourth-order valence-electron chi connectivity index (χ4n) is 0.116. The Morgan fingerprint density at radius 2 is 1.60 bits per heavy atom. The van der Waals surface area contributed by atoms with Crippen LogP contribution in [0.5, 0.6) is 0 Å². The maximum atomic E-state index is 10.8. The molecule has 0 aliphatic carbocycles. The first-order chi connectivity index (χ1) is 3.71. The predicted molar refractivity (Wildman–Crippen MR) is 16.8 cm³/mol. The molecular weight excluding hydrogens is 273 g/mol. The molecule has 0 unspecified atom stereocenters. The molecule has 0 N–H and O–H groups in total. The van der Waals surface area contributed by atoms with Gasteiger partial charge in [0.15, 0.2) is 0 Å². The van der Waals surface area contributed by atoms with Crippen LogP contribution in [0.2, 0.25) is 0 Å². The van der Waals surface area contributed by atoms with Crippen LogP contribution >= 0.6 is 0 Å². The summed E-state index contributed by atoms with van der Waals surface area (Å²) in [5, 5.41) is 0. The molecule has 0 bridgehead atoms. The van der Waals surface area contributed by atoms with Crippen molar-refractivity contribution in [3.05, 3.63) is 0 Å². The average molecular weight is 273 g/mol. The molecule has 0 saturated heterocycles. The van der Waals surface area contributed by atoms with Crippen LogP contribution < -0.4 is 0 Å². The van der Waals surface area contributed by atoms with Crippen molar-refractivity contribution < 1.29 is 52.7 Å². The van der Waals surface area contributed by atoms with Crippen LogP contribution in [-0.2, 0) is 37.0 Å². The standard InChI is InChI=1S/CHF3O4S.Ag/c2-1(3,4)8-9(5,6)7;/h(H,5,6,7);/q;+1/p-1. The minimum absolute atomic E-state index is 0. The van der Waals surface area contributed by atoms with E-state index >= 15 is 0 Å². The van der Waals surface area contributed by atoms with E-state index in [1.807, 2.05) is 4.18 Å². The molecule has 10 heavy (non-hydrogen) atoms. The smallest absolute Gasteiger partial charge is 0.725 e. The van der Waals surface area contributed by atoms with Crippen molar-refractivity contribution in [2.45, 2.75) is 6.36 Å². The molecule has 9 heteroatoms. The normalized spacial score (nSPS) is 12.4. The first kappa shape index (κ1) is 13.0. The van der Waals surface area contributed by atoms with Crippen molar-refractivity contribution in [1.29, 1.82) is 0 Å². The summed E-state index contributed by atoms with van der Waals surface area (Å²) in [6.07, 6.45) is -5.42. The van der Waals surface area contributed by atoms with Crippen molar-refractivity contribution in [1.82, 2.24) is 0 Å². The van der Waals surface area contributed by atoms with E-state index < -0.39 is 16.8 Å². The van der Waals surface area contributed by atoms with Crippen molar-refractivity contribution in [3.8, 4) is 0 Å². The van der Waals surface area contributed by atoms with E-state index in [2.05, 4.69) is 0 Å². The van der Waals surface area contributed by atoms with Crippen LogP contribution in [0.4, 0.5) is 13.2 Å². The van der Waals surface area contributed by atoms with E-state index in [1.165, 1.54) is 0 Å². The zero-order chi connectivity index (χ0) is 7.71. The quantitative estimate of drug-likeness (QED) is 0.382. The topological polar surface area (TPSA) is 66.4 Å². The van der Waals surface area contributed by atoms with Crippen LogP contribution in [0, 0.1) is 0 Å². The maximum Gasteiger partial charge on any atom is 1.00 e. The van der Waals surface area contributed by atoms with Crippen molar-refractivity contribution in [2.75, 3.05) is 0 Å². The Morgan fingerprint density at radius 3 is 1.60 bits per heavy atom. The molecule has 0 radical (unpaired) electrons. The Kier molecular flexibility index (Phi) is 4.81. The monoisotopic (exact) mass is 272 g/mol. The van der Waals surface area contributed by atoms with Gasteiger partial charge in [-0.1, -0.05) is 0 Å². The van der Waals surface area contributed by atoms with E-state index in [4.69, 9.17) is 13.0 Å². The maximum absolute atomic E-state index is 10.8. The first-order valence-electron chi connectivity index (χ1n) is 1.44. The van der Waals surface area contributed by atoms with Crippen molar-refractivity contribution >= 4 is 10.4 Å². The number of rotatable bonds is 1. The van der Waals surface area contributed by atoms with Gasteiger partial charge in [-0.3, -0.25) is 0 Å². The summed E-state index contributed by atoms with van der Waals surface area (Å²) in [7, 11) is -5.66. The van der Waals surface area contributed by atoms with Crippen molar-refractivity contribution in [2.24, 2.45) is 0 Å². The molecule has 0 atom stereocenters. The van der Waals surface area contributed by atoms with Crippen LogP contribution in [0.25, 0.3) is 0 Å². The van der Waals surface area contributed by atoms with Gasteiger partial charge in [0.05, 0.1) is 0 Å². The van der Waals surface area contributed by atoms with Crippen LogP contribution in [0.1, 0.15) is 0 Å². The zero-order valence-corrected chi connectivity index (χ0v) is 6.28. The Hall–Kier alpha value is 0.400. The van der Waals surface area contributed by atoms with E-state index in [0.29, 0.717) is 0 Å². The van der Waals surface area contributed by atoms with Gasteiger partial charge in [-0.25, -0.2) is 8.42 Å². The second-order valence-corrected chi connectivity index (χ2v) is 1.92. The SMILES string of the molecule is O=S(=O)([O-])OC(F)(F)F.[Ag+]. The first-order valence-corrected chi connectivity index (χ1v) is 2.77. The molecule has 4 nitrogen and oxygen atoms in total. The van der Waals surface area contributed by atoms with E-state index in [1.54, 1.807) is 0 Å². The minimum Gasteiger partial charge on any atom is -0.725 e. The summed E-state index contributed by atoms with van der Waals surface area (Å²) in [6.45, 7) is 0. The van der Waals surface area contributed by atoms with Crippen LogP contribution in [0.3, 0.4) is 0 Å². The van der Waals surface area contributed by atoms with Gasteiger partial charge < -0.3 is 4.55 Å². The Labute approximate surface area is 69.8 Å². The Bertz CT molecular complexity index is 181. The summed E-state index contributed by atoms with van der Waals surface area (Å²) in [4.78, 5) is 0. The van der Waals surface area contributed by atoms with Gasteiger partial charge in [0.2, 0.25) is 10.4 Å². The largest absolute Gasteiger partial charge is 1.00 e. The number of halogens is 3. The Morgan fingerprint density at radius 1 is 1.30 bits per heavy atom. The Balaban J connectivity index is 0. The van der Waals surface area contributed by atoms with Crippen LogP contribution in [0.15, 0.2) is 0 Å². The number of hydrogen-bond acceptors (Lipinski definition) is 4. The summed E-state index contributed by atoms with van der Waals surface area (Å²) in [5.74, 6) is 0. The van der Waals surface area contributed by atoms with Gasteiger partial charge in [-0.2, -0.15) is 4.18 Å². The summed E-state index contributed by atoms with van der Waals surface area (Å²) in [6, 6.07) is 0. The molecule has 0 rings (SSSR count). The molecule has 0 aromatic heterocycles.